The smallest absolute Gasteiger partial charge is 0.0769 e. The molecule has 80 valence electrons. The molecule has 0 spiro atoms. The van der Waals surface area contributed by atoms with E-state index in [1.807, 2.05) is 6.08 Å². The van der Waals surface area contributed by atoms with Crippen LogP contribution in [0.15, 0.2) is 49.3 Å². The average molecular weight is 203 g/mol. The summed E-state index contributed by atoms with van der Waals surface area (Å²) in [5.41, 5.74) is 2.38. The van der Waals surface area contributed by atoms with Gasteiger partial charge < -0.3 is 10.0 Å². The minimum Gasteiger partial charge on any atom is -0.516 e. The third-order valence-electron chi connectivity index (χ3n) is 2.18. The monoisotopic (exact) mass is 203 g/mol. The second-order valence-electron chi connectivity index (χ2n) is 3.41. The number of rotatable bonds is 5. The van der Waals surface area contributed by atoms with Crippen molar-refractivity contribution in [1.29, 1.82) is 0 Å². The maximum Gasteiger partial charge on any atom is 0.0769 e. The van der Waals surface area contributed by atoms with Gasteiger partial charge in [0.2, 0.25) is 0 Å². The van der Waals surface area contributed by atoms with Crippen LogP contribution in [0, 0.1) is 6.92 Å². The third kappa shape index (κ3) is 3.50. The molecule has 0 bridgehead atoms. The zero-order valence-electron chi connectivity index (χ0n) is 9.06. The largest absolute Gasteiger partial charge is 0.516 e. The highest BCUT2D eigenvalue weighted by Gasteiger charge is 2.01. The van der Waals surface area contributed by atoms with Gasteiger partial charge in [0.15, 0.2) is 0 Å². The molecule has 0 aliphatic rings. The molecule has 15 heavy (non-hydrogen) atoms. The van der Waals surface area contributed by atoms with E-state index in [-0.39, 0.29) is 0 Å². The van der Waals surface area contributed by atoms with Gasteiger partial charge in [-0.15, -0.1) is 6.58 Å². The molecule has 0 amide bonds. The van der Waals surface area contributed by atoms with Crippen LogP contribution in [0.5, 0.6) is 0 Å². The van der Waals surface area contributed by atoms with Crippen LogP contribution in [0.1, 0.15) is 5.56 Å². The van der Waals surface area contributed by atoms with Crippen molar-refractivity contribution < 1.29 is 5.11 Å². The lowest BCUT2D eigenvalue weighted by molar-refractivity contribution is 0.471. The van der Waals surface area contributed by atoms with Gasteiger partial charge in [0.1, 0.15) is 0 Å². The SMILES string of the molecule is C=CCN(CC=CO)c1ccc(C)cc1. The summed E-state index contributed by atoms with van der Waals surface area (Å²) in [6.45, 7) is 7.25. The molecule has 1 aromatic carbocycles. The summed E-state index contributed by atoms with van der Waals surface area (Å²) in [6, 6.07) is 8.30. The van der Waals surface area contributed by atoms with Gasteiger partial charge in [0.05, 0.1) is 6.26 Å². The second kappa shape index (κ2) is 5.91. The second-order valence-corrected chi connectivity index (χ2v) is 3.41. The van der Waals surface area contributed by atoms with Crippen LogP contribution in [-0.4, -0.2) is 18.2 Å². The normalized spacial score (nSPS) is 10.5. The Balaban J connectivity index is 2.78. The van der Waals surface area contributed by atoms with Crippen molar-refractivity contribution in [3.05, 3.63) is 54.8 Å². The molecular formula is C13H17NO. The topological polar surface area (TPSA) is 23.5 Å². The number of nitrogens with zero attached hydrogens (tertiary/aromatic N) is 1. The molecule has 2 nitrogen and oxygen atoms in total. The van der Waals surface area contributed by atoms with Crippen molar-refractivity contribution in [2.75, 3.05) is 18.0 Å². The maximum atomic E-state index is 8.64. The van der Waals surface area contributed by atoms with Crippen molar-refractivity contribution in [2.45, 2.75) is 6.92 Å². The first kappa shape index (κ1) is 11.4. The highest BCUT2D eigenvalue weighted by atomic mass is 16.2. The van der Waals surface area contributed by atoms with E-state index in [1.165, 1.54) is 5.56 Å². The summed E-state index contributed by atoms with van der Waals surface area (Å²) in [4.78, 5) is 2.12. The predicted molar refractivity (Wildman–Crippen MR) is 65.4 cm³/mol. The van der Waals surface area contributed by atoms with E-state index >= 15 is 0 Å². The quantitative estimate of drug-likeness (QED) is 0.587. The highest BCUT2D eigenvalue weighted by Crippen LogP contribution is 2.14. The fourth-order valence-corrected chi connectivity index (χ4v) is 1.37. The Labute approximate surface area is 91.2 Å². The van der Waals surface area contributed by atoms with Gasteiger partial charge in [0, 0.05) is 18.8 Å². The van der Waals surface area contributed by atoms with Gasteiger partial charge in [-0.05, 0) is 25.1 Å². The Morgan fingerprint density at radius 3 is 2.47 bits per heavy atom. The van der Waals surface area contributed by atoms with Crippen LogP contribution in [0.3, 0.4) is 0 Å². The minimum absolute atomic E-state index is 0.686. The van der Waals surface area contributed by atoms with Gasteiger partial charge in [-0.1, -0.05) is 23.8 Å². The molecule has 1 rings (SSSR count). The molecule has 0 fully saturated rings. The first-order chi connectivity index (χ1) is 7.27. The van der Waals surface area contributed by atoms with Crippen LogP contribution in [0.2, 0.25) is 0 Å². The summed E-state index contributed by atoms with van der Waals surface area (Å²) in [5.74, 6) is 0. The molecule has 0 aliphatic carbocycles. The highest BCUT2D eigenvalue weighted by molar-refractivity contribution is 5.48. The Morgan fingerprint density at radius 1 is 1.27 bits per heavy atom. The maximum absolute atomic E-state index is 8.64. The fraction of sp³-hybridized carbons (Fsp3) is 0.231. The summed E-state index contributed by atoms with van der Waals surface area (Å²) in [7, 11) is 0. The van der Waals surface area contributed by atoms with Crippen molar-refractivity contribution >= 4 is 5.69 Å². The van der Waals surface area contributed by atoms with E-state index in [9.17, 15) is 0 Å². The molecule has 0 aliphatic heterocycles. The summed E-state index contributed by atoms with van der Waals surface area (Å²) in [5, 5.41) is 8.64. The number of anilines is 1. The zero-order valence-corrected chi connectivity index (χ0v) is 9.06. The van der Waals surface area contributed by atoms with E-state index in [0.717, 1.165) is 18.5 Å². The summed E-state index contributed by atoms with van der Waals surface area (Å²) < 4.78 is 0. The van der Waals surface area contributed by atoms with Gasteiger partial charge in [0.25, 0.3) is 0 Å². The number of hydrogen-bond donors (Lipinski definition) is 1. The zero-order chi connectivity index (χ0) is 11.1. The van der Waals surface area contributed by atoms with Crippen molar-refractivity contribution in [3.8, 4) is 0 Å². The number of hydrogen-bond acceptors (Lipinski definition) is 2. The molecule has 1 N–H and O–H groups in total. The molecule has 2 heteroatoms. The average Bonchev–Trinajstić information content (AvgIpc) is 2.25. The molecule has 0 radical (unpaired) electrons. The van der Waals surface area contributed by atoms with Crippen LogP contribution >= 0.6 is 0 Å². The Bertz CT molecular complexity index is 327. The van der Waals surface area contributed by atoms with Crippen LogP contribution in [0.4, 0.5) is 5.69 Å². The molecule has 0 unspecified atom stereocenters. The first-order valence-corrected chi connectivity index (χ1v) is 4.99. The number of aliphatic hydroxyl groups excluding tert-OH is 1. The Kier molecular flexibility index (Phi) is 4.48. The Morgan fingerprint density at radius 2 is 1.93 bits per heavy atom. The molecule has 0 aromatic heterocycles. The van der Waals surface area contributed by atoms with Crippen molar-refractivity contribution in [2.24, 2.45) is 0 Å². The molecule has 0 saturated carbocycles. The van der Waals surface area contributed by atoms with E-state index in [1.54, 1.807) is 6.08 Å². The van der Waals surface area contributed by atoms with E-state index in [0.29, 0.717) is 6.54 Å². The molecule has 0 atom stereocenters. The molecular weight excluding hydrogens is 186 g/mol. The summed E-state index contributed by atoms with van der Waals surface area (Å²) >= 11 is 0. The van der Waals surface area contributed by atoms with E-state index in [2.05, 4.69) is 42.7 Å². The standard InChI is InChI=1S/C13H17NO/c1-3-9-14(10-4-11-15)13-7-5-12(2)6-8-13/h3-8,11,15H,1,9-10H2,2H3. The lowest BCUT2D eigenvalue weighted by atomic mass is 10.2. The van der Waals surface area contributed by atoms with Gasteiger partial charge >= 0.3 is 0 Å². The van der Waals surface area contributed by atoms with Crippen molar-refractivity contribution in [1.82, 2.24) is 0 Å². The van der Waals surface area contributed by atoms with Crippen LogP contribution in [-0.2, 0) is 0 Å². The third-order valence-corrected chi connectivity index (χ3v) is 2.18. The van der Waals surface area contributed by atoms with E-state index in [4.69, 9.17) is 5.11 Å². The summed E-state index contributed by atoms with van der Waals surface area (Å²) in [6.07, 6.45) is 4.64. The van der Waals surface area contributed by atoms with Crippen LogP contribution < -0.4 is 4.90 Å². The number of aryl methyl sites for hydroxylation is 1. The molecule has 1 aromatic rings. The lowest BCUT2D eigenvalue weighted by Crippen LogP contribution is -2.23. The molecule has 0 saturated heterocycles. The number of benzene rings is 1. The van der Waals surface area contributed by atoms with E-state index < -0.39 is 0 Å². The molecule has 0 heterocycles. The van der Waals surface area contributed by atoms with Gasteiger partial charge in [-0.3, -0.25) is 0 Å². The van der Waals surface area contributed by atoms with Crippen molar-refractivity contribution in [3.63, 3.8) is 0 Å². The minimum atomic E-state index is 0.686. The lowest BCUT2D eigenvalue weighted by Gasteiger charge is -2.21. The number of aliphatic hydroxyl groups is 1. The first-order valence-electron chi connectivity index (χ1n) is 4.99. The fourth-order valence-electron chi connectivity index (χ4n) is 1.37. The Hall–Kier alpha value is -1.70. The van der Waals surface area contributed by atoms with Gasteiger partial charge in [-0.2, -0.15) is 0 Å². The van der Waals surface area contributed by atoms with Crippen LogP contribution in [0.25, 0.3) is 0 Å². The predicted octanol–water partition coefficient (Wildman–Crippen LogP) is 3.06. The van der Waals surface area contributed by atoms with Gasteiger partial charge in [-0.25, -0.2) is 0 Å².